The molecule has 1 saturated heterocycles. The van der Waals surface area contributed by atoms with Gasteiger partial charge in [-0.05, 0) is 64.9 Å². The van der Waals surface area contributed by atoms with E-state index in [-0.39, 0.29) is 0 Å². The molecule has 0 aromatic carbocycles. The summed E-state index contributed by atoms with van der Waals surface area (Å²) in [6, 6.07) is 4.49. The average Bonchev–Trinajstić information content (AvgIpc) is 3.36. The first kappa shape index (κ1) is 23.4. The fraction of sp³-hybridized carbons (Fsp3) is 0.583. The summed E-state index contributed by atoms with van der Waals surface area (Å²) in [6.45, 7) is 12.2. The van der Waals surface area contributed by atoms with Gasteiger partial charge in [0.1, 0.15) is 16.9 Å². The number of anilines is 3. The molecule has 1 aliphatic heterocycles. The van der Waals surface area contributed by atoms with Gasteiger partial charge in [0.05, 0.1) is 18.8 Å². The molecule has 4 heterocycles. The van der Waals surface area contributed by atoms with Crippen LogP contribution in [0.3, 0.4) is 0 Å². The fourth-order valence-electron chi connectivity index (χ4n) is 4.49. The number of ether oxygens (including phenoxy) is 1. The Labute approximate surface area is 196 Å². The molecule has 0 radical (unpaired) electrons. The Morgan fingerprint density at radius 3 is 2.67 bits per heavy atom. The highest BCUT2D eigenvalue weighted by Gasteiger charge is 2.27. The van der Waals surface area contributed by atoms with Crippen LogP contribution in [0, 0.1) is 13.8 Å². The van der Waals surface area contributed by atoms with Gasteiger partial charge in [0.15, 0.2) is 5.82 Å². The molecule has 3 aromatic heterocycles. The maximum Gasteiger partial charge on any atom is 0.228 e. The van der Waals surface area contributed by atoms with Crippen LogP contribution in [-0.2, 0) is 17.7 Å². The summed E-state index contributed by atoms with van der Waals surface area (Å²) in [6.07, 6.45) is 1.90. The van der Waals surface area contributed by atoms with Crippen LogP contribution >= 0.6 is 0 Å². The van der Waals surface area contributed by atoms with Gasteiger partial charge in [-0.2, -0.15) is 10.1 Å². The predicted octanol–water partition coefficient (Wildman–Crippen LogP) is 3.32. The third kappa shape index (κ3) is 5.09. The van der Waals surface area contributed by atoms with E-state index >= 15 is 0 Å². The number of pyridine rings is 1. The standard InChI is InChI=1S/C24H36N8O/c1-7-19-21-22(32(29-19)11-12-33-8-2)23(26-20-14-16(3)13-17(4)25-20)28-24(27-21)31(6)18-9-10-30(5)15-18/h13-14,18H,7-12,15H2,1-6H3,(H,25,26,27,28). The molecule has 0 amide bonds. The van der Waals surface area contributed by atoms with E-state index in [1.807, 2.05) is 24.6 Å². The smallest absolute Gasteiger partial charge is 0.228 e. The lowest BCUT2D eigenvalue weighted by Crippen LogP contribution is -2.35. The molecule has 1 aliphatic rings. The number of nitrogens with zero attached hydrogens (tertiary/aromatic N) is 7. The number of hydrogen-bond donors (Lipinski definition) is 1. The molecule has 4 rings (SSSR count). The number of rotatable bonds is 9. The molecule has 9 nitrogen and oxygen atoms in total. The summed E-state index contributed by atoms with van der Waals surface area (Å²) in [4.78, 5) is 19.3. The van der Waals surface area contributed by atoms with Gasteiger partial charge in [0.2, 0.25) is 5.95 Å². The van der Waals surface area contributed by atoms with Gasteiger partial charge in [-0.3, -0.25) is 4.68 Å². The summed E-state index contributed by atoms with van der Waals surface area (Å²) in [5.41, 5.74) is 4.88. The molecule has 9 heteroatoms. The van der Waals surface area contributed by atoms with Crippen LogP contribution < -0.4 is 10.2 Å². The highest BCUT2D eigenvalue weighted by atomic mass is 16.5. The lowest BCUT2D eigenvalue weighted by molar-refractivity contribution is 0.137. The molecule has 0 bridgehead atoms. The van der Waals surface area contributed by atoms with Crippen molar-refractivity contribution >= 4 is 28.6 Å². The van der Waals surface area contributed by atoms with E-state index in [9.17, 15) is 0 Å². The van der Waals surface area contributed by atoms with Gasteiger partial charge in [-0.15, -0.1) is 0 Å². The van der Waals surface area contributed by atoms with Crippen molar-refractivity contribution < 1.29 is 4.74 Å². The second-order valence-electron chi connectivity index (χ2n) is 8.90. The molecule has 3 aromatic rings. The first-order valence-corrected chi connectivity index (χ1v) is 11.9. The zero-order chi connectivity index (χ0) is 23.5. The van der Waals surface area contributed by atoms with Crippen LogP contribution in [0.15, 0.2) is 12.1 Å². The number of fused-ring (bicyclic) bond motifs is 1. The van der Waals surface area contributed by atoms with Crippen LogP contribution in [0.4, 0.5) is 17.6 Å². The van der Waals surface area contributed by atoms with Crippen LogP contribution in [0.25, 0.3) is 11.0 Å². The number of likely N-dealkylation sites (tertiary alicyclic amines) is 1. The van der Waals surface area contributed by atoms with E-state index in [0.29, 0.717) is 31.7 Å². The van der Waals surface area contributed by atoms with Gasteiger partial charge < -0.3 is 19.9 Å². The monoisotopic (exact) mass is 452 g/mol. The van der Waals surface area contributed by atoms with Crippen molar-refractivity contribution in [3.05, 3.63) is 29.1 Å². The summed E-state index contributed by atoms with van der Waals surface area (Å²) in [5, 5.41) is 8.36. The molecule has 33 heavy (non-hydrogen) atoms. The number of aryl methyl sites for hydroxylation is 3. The Morgan fingerprint density at radius 1 is 1.18 bits per heavy atom. The van der Waals surface area contributed by atoms with Crippen LogP contribution in [0.1, 0.15) is 37.2 Å². The van der Waals surface area contributed by atoms with Gasteiger partial charge in [-0.25, -0.2) is 9.97 Å². The molecular formula is C24H36N8O. The van der Waals surface area contributed by atoms with Crippen LogP contribution in [0.5, 0.6) is 0 Å². The molecule has 178 valence electrons. The van der Waals surface area contributed by atoms with Crippen molar-refractivity contribution in [2.45, 2.75) is 53.1 Å². The first-order chi connectivity index (χ1) is 15.9. The van der Waals surface area contributed by atoms with Gasteiger partial charge in [-0.1, -0.05) is 6.92 Å². The summed E-state index contributed by atoms with van der Waals surface area (Å²) < 4.78 is 7.59. The minimum Gasteiger partial charge on any atom is -0.380 e. The van der Waals surface area contributed by atoms with E-state index in [1.165, 1.54) is 0 Å². The fourth-order valence-corrected chi connectivity index (χ4v) is 4.49. The van der Waals surface area contributed by atoms with E-state index < -0.39 is 0 Å². The Balaban J connectivity index is 1.81. The molecule has 0 aliphatic carbocycles. The number of likely N-dealkylation sites (N-methyl/N-ethyl adjacent to an activating group) is 2. The predicted molar refractivity (Wildman–Crippen MR) is 132 cm³/mol. The quantitative estimate of drug-likeness (QED) is 0.495. The Kier molecular flexibility index (Phi) is 7.09. The largest absolute Gasteiger partial charge is 0.380 e. The summed E-state index contributed by atoms with van der Waals surface area (Å²) in [5.74, 6) is 2.22. The summed E-state index contributed by atoms with van der Waals surface area (Å²) in [7, 11) is 4.25. The van der Waals surface area contributed by atoms with Crippen LogP contribution in [-0.4, -0.2) is 76.1 Å². The molecule has 1 fully saturated rings. The van der Waals surface area contributed by atoms with E-state index in [4.69, 9.17) is 19.8 Å². The van der Waals surface area contributed by atoms with Crippen molar-refractivity contribution in [1.82, 2.24) is 29.6 Å². The first-order valence-electron chi connectivity index (χ1n) is 11.9. The molecular weight excluding hydrogens is 416 g/mol. The summed E-state index contributed by atoms with van der Waals surface area (Å²) >= 11 is 0. The highest BCUT2D eigenvalue weighted by Crippen LogP contribution is 2.30. The van der Waals surface area contributed by atoms with Crippen molar-refractivity contribution in [2.75, 3.05) is 50.6 Å². The maximum absolute atomic E-state index is 5.61. The van der Waals surface area contributed by atoms with Crippen LogP contribution in [0.2, 0.25) is 0 Å². The van der Waals surface area contributed by atoms with Gasteiger partial charge in [0, 0.05) is 31.9 Å². The number of aromatic nitrogens is 5. The van der Waals surface area contributed by atoms with E-state index in [2.05, 4.69) is 54.1 Å². The number of nitrogens with one attached hydrogen (secondary N) is 1. The SMILES string of the molecule is CCOCCn1nc(CC)c2nc(N(C)C3CCN(C)C3)nc(Nc3cc(C)cc(C)n3)c21. The van der Waals surface area contributed by atoms with Crippen molar-refractivity contribution in [3.8, 4) is 0 Å². The Morgan fingerprint density at radius 2 is 2.00 bits per heavy atom. The van der Waals surface area contributed by atoms with E-state index in [0.717, 1.165) is 65.6 Å². The lowest BCUT2D eigenvalue weighted by Gasteiger charge is -2.25. The topological polar surface area (TPSA) is 84.2 Å². The minimum absolute atomic E-state index is 0.387. The van der Waals surface area contributed by atoms with Crippen molar-refractivity contribution in [1.29, 1.82) is 0 Å². The molecule has 1 N–H and O–H groups in total. The third-order valence-electron chi connectivity index (χ3n) is 6.21. The maximum atomic E-state index is 5.61. The van der Waals surface area contributed by atoms with Crippen molar-refractivity contribution in [2.24, 2.45) is 0 Å². The average molecular weight is 453 g/mol. The van der Waals surface area contributed by atoms with E-state index in [1.54, 1.807) is 0 Å². The highest BCUT2D eigenvalue weighted by molar-refractivity contribution is 5.90. The normalized spacial score (nSPS) is 16.6. The molecule has 1 atom stereocenters. The molecule has 0 spiro atoms. The van der Waals surface area contributed by atoms with Gasteiger partial charge >= 0.3 is 0 Å². The lowest BCUT2D eigenvalue weighted by atomic mass is 10.2. The zero-order valence-corrected chi connectivity index (χ0v) is 20.7. The molecule has 0 saturated carbocycles. The second-order valence-corrected chi connectivity index (χ2v) is 8.90. The number of hydrogen-bond acceptors (Lipinski definition) is 8. The second kappa shape index (κ2) is 10.0. The third-order valence-corrected chi connectivity index (χ3v) is 6.21. The van der Waals surface area contributed by atoms with Crippen molar-refractivity contribution in [3.63, 3.8) is 0 Å². The minimum atomic E-state index is 0.387. The Bertz CT molecular complexity index is 1090. The van der Waals surface area contributed by atoms with Gasteiger partial charge in [0.25, 0.3) is 0 Å². The Hall–Kier alpha value is -2.78. The molecule has 1 unspecified atom stereocenters. The zero-order valence-electron chi connectivity index (χ0n) is 20.7.